The number of anilines is 1. The molecule has 0 aliphatic heterocycles. The van der Waals surface area contributed by atoms with Gasteiger partial charge < -0.3 is 9.88 Å². The number of halogens is 2. The molecule has 1 aromatic carbocycles. The Morgan fingerprint density at radius 2 is 1.65 bits per heavy atom. The van der Waals surface area contributed by atoms with E-state index in [1.54, 1.807) is 19.9 Å². The SMILES string of the molecule is CC(C)S(=O)(=O)NCCCCCNc1ccc(-n2ccc(Cl)c2Cl)cc1. The van der Waals surface area contributed by atoms with Gasteiger partial charge in [-0.3, -0.25) is 0 Å². The van der Waals surface area contributed by atoms with Crippen LogP contribution in [0.2, 0.25) is 10.2 Å². The monoisotopic (exact) mass is 417 g/mol. The van der Waals surface area contributed by atoms with Crippen molar-refractivity contribution in [2.45, 2.75) is 38.4 Å². The molecule has 2 aromatic rings. The van der Waals surface area contributed by atoms with Crippen molar-refractivity contribution in [3.63, 3.8) is 0 Å². The molecule has 26 heavy (non-hydrogen) atoms. The standard InChI is InChI=1S/C18H25Cl2N3O2S/c1-14(2)26(24,25)22-12-5-3-4-11-21-15-6-8-16(9-7-15)23-13-10-17(19)18(23)20/h6-10,13-14,21-22H,3-5,11-12H2,1-2H3. The molecule has 0 unspecified atom stereocenters. The molecule has 2 rings (SSSR count). The molecule has 0 radical (unpaired) electrons. The zero-order valence-electron chi connectivity index (χ0n) is 15.0. The first-order valence-electron chi connectivity index (χ1n) is 8.66. The predicted molar refractivity (Wildman–Crippen MR) is 110 cm³/mol. The Morgan fingerprint density at radius 3 is 2.23 bits per heavy atom. The van der Waals surface area contributed by atoms with Crippen molar-refractivity contribution in [1.82, 2.24) is 9.29 Å². The summed E-state index contributed by atoms with van der Waals surface area (Å²) in [5, 5.41) is 4.01. The maximum Gasteiger partial charge on any atom is 0.213 e. The minimum atomic E-state index is -3.15. The van der Waals surface area contributed by atoms with Gasteiger partial charge in [0.1, 0.15) is 5.15 Å². The van der Waals surface area contributed by atoms with Gasteiger partial charge in [0, 0.05) is 30.7 Å². The molecule has 8 heteroatoms. The zero-order chi connectivity index (χ0) is 19.2. The van der Waals surface area contributed by atoms with Gasteiger partial charge in [0.2, 0.25) is 10.0 Å². The van der Waals surface area contributed by atoms with Crippen molar-refractivity contribution in [2.75, 3.05) is 18.4 Å². The van der Waals surface area contributed by atoms with E-state index in [0.717, 1.165) is 37.2 Å². The number of benzene rings is 1. The van der Waals surface area contributed by atoms with Gasteiger partial charge in [0.15, 0.2) is 0 Å². The van der Waals surface area contributed by atoms with Gasteiger partial charge in [-0.1, -0.05) is 29.6 Å². The summed E-state index contributed by atoms with van der Waals surface area (Å²) in [5.41, 5.74) is 1.98. The van der Waals surface area contributed by atoms with Gasteiger partial charge in [-0.05, 0) is 57.0 Å². The summed E-state index contributed by atoms with van der Waals surface area (Å²) in [5.74, 6) is 0. The van der Waals surface area contributed by atoms with Crippen molar-refractivity contribution in [3.8, 4) is 5.69 Å². The van der Waals surface area contributed by atoms with E-state index in [0.29, 0.717) is 16.7 Å². The molecular formula is C18H25Cl2N3O2S. The lowest BCUT2D eigenvalue weighted by atomic mass is 10.2. The van der Waals surface area contributed by atoms with Gasteiger partial charge in [0.05, 0.1) is 10.3 Å². The van der Waals surface area contributed by atoms with Crippen LogP contribution in [-0.2, 0) is 10.0 Å². The second-order valence-corrected chi connectivity index (χ2v) is 9.43. The molecule has 0 bridgehead atoms. The van der Waals surface area contributed by atoms with Crippen molar-refractivity contribution >= 4 is 38.9 Å². The number of hydrogen-bond acceptors (Lipinski definition) is 3. The number of aromatic nitrogens is 1. The Morgan fingerprint density at radius 1 is 1.00 bits per heavy atom. The molecule has 2 N–H and O–H groups in total. The van der Waals surface area contributed by atoms with E-state index in [9.17, 15) is 8.42 Å². The average molecular weight is 418 g/mol. The first-order valence-corrected chi connectivity index (χ1v) is 11.0. The van der Waals surface area contributed by atoms with E-state index >= 15 is 0 Å². The summed E-state index contributed by atoms with van der Waals surface area (Å²) in [6, 6.07) is 9.71. The molecule has 0 fully saturated rings. The third-order valence-electron chi connectivity index (χ3n) is 4.03. The summed E-state index contributed by atoms with van der Waals surface area (Å²) in [7, 11) is -3.15. The number of rotatable bonds is 10. The quantitative estimate of drug-likeness (QED) is 0.550. The smallest absolute Gasteiger partial charge is 0.213 e. The summed E-state index contributed by atoms with van der Waals surface area (Å²) in [6.45, 7) is 4.69. The number of nitrogens with zero attached hydrogens (tertiary/aromatic N) is 1. The van der Waals surface area contributed by atoms with Crippen LogP contribution in [0.5, 0.6) is 0 Å². The first-order chi connectivity index (χ1) is 12.3. The maximum absolute atomic E-state index is 11.6. The van der Waals surface area contributed by atoms with Crippen molar-refractivity contribution < 1.29 is 8.42 Å². The summed E-state index contributed by atoms with van der Waals surface area (Å²) < 4.78 is 27.7. The molecule has 1 aromatic heterocycles. The van der Waals surface area contributed by atoms with E-state index in [1.807, 2.05) is 35.0 Å². The molecule has 0 amide bonds. The van der Waals surface area contributed by atoms with Crippen LogP contribution in [-0.4, -0.2) is 31.3 Å². The Kier molecular flexibility index (Phi) is 7.83. The largest absolute Gasteiger partial charge is 0.385 e. The molecule has 0 aliphatic rings. The van der Waals surface area contributed by atoms with Crippen molar-refractivity contribution in [2.24, 2.45) is 0 Å². The Bertz CT molecular complexity index is 802. The number of sulfonamides is 1. The molecular weight excluding hydrogens is 393 g/mol. The highest BCUT2D eigenvalue weighted by molar-refractivity contribution is 7.90. The number of nitrogens with one attached hydrogen (secondary N) is 2. The Hall–Kier alpha value is -1.21. The highest BCUT2D eigenvalue weighted by atomic mass is 35.5. The van der Waals surface area contributed by atoms with Crippen LogP contribution in [0, 0.1) is 0 Å². The molecule has 5 nitrogen and oxygen atoms in total. The lowest BCUT2D eigenvalue weighted by Crippen LogP contribution is -2.31. The molecule has 0 saturated carbocycles. The van der Waals surface area contributed by atoms with Gasteiger partial charge >= 0.3 is 0 Å². The van der Waals surface area contributed by atoms with E-state index in [-0.39, 0.29) is 5.25 Å². The molecule has 0 aliphatic carbocycles. The highest BCUT2D eigenvalue weighted by Crippen LogP contribution is 2.26. The first kappa shape index (κ1) is 21.1. The average Bonchev–Trinajstić information content (AvgIpc) is 2.93. The Balaban J connectivity index is 1.68. The Labute approximate surface area is 165 Å². The number of hydrogen-bond donors (Lipinski definition) is 2. The van der Waals surface area contributed by atoms with Crippen LogP contribution in [0.3, 0.4) is 0 Å². The van der Waals surface area contributed by atoms with Crippen molar-refractivity contribution in [1.29, 1.82) is 0 Å². The molecule has 0 atom stereocenters. The fourth-order valence-electron chi connectivity index (χ4n) is 2.37. The second kappa shape index (κ2) is 9.65. The van der Waals surface area contributed by atoms with Gasteiger partial charge in [-0.2, -0.15) is 0 Å². The molecule has 1 heterocycles. The fraction of sp³-hybridized carbons (Fsp3) is 0.444. The van der Waals surface area contributed by atoms with E-state index in [1.165, 1.54) is 0 Å². The number of unbranched alkanes of at least 4 members (excludes halogenated alkanes) is 2. The van der Waals surface area contributed by atoms with E-state index in [2.05, 4.69) is 10.0 Å². The van der Waals surface area contributed by atoms with E-state index < -0.39 is 10.0 Å². The summed E-state index contributed by atoms with van der Waals surface area (Å²) in [4.78, 5) is 0. The summed E-state index contributed by atoms with van der Waals surface area (Å²) in [6.07, 6.45) is 4.60. The van der Waals surface area contributed by atoms with E-state index in [4.69, 9.17) is 23.2 Å². The lowest BCUT2D eigenvalue weighted by Gasteiger charge is -2.10. The topological polar surface area (TPSA) is 63.1 Å². The third-order valence-corrected chi connectivity index (χ3v) is 6.67. The molecule has 144 valence electrons. The predicted octanol–water partition coefficient (Wildman–Crippen LogP) is 4.69. The lowest BCUT2D eigenvalue weighted by molar-refractivity contribution is 0.566. The van der Waals surface area contributed by atoms with Gasteiger partial charge in [0.25, 0.3) is 0 Å². The minimum Gasteiger partial charge on any atom is -0.385 e. The zero-order valence-corrected chi connectivity index (χ0v) is 17.3. The van der Waals surface area contributed by atoms with Crippen LogP contribution in [0.15, 0.2) is 36.5 Å². The van der Waals surface area contributed by atoms with Crippen LogP contribution in [0.25, 0.3) is 5.69 Å². The maximum atomic E-state index is 11.6. The normalized spacial score (nSPS) is 11.9. The van der Waals surface area contributed by atoms with Crippen LogP contribution in [0.4, 0.5) is 5.69 Å². The van der Waals surface area contributed by atoms with Gasteiger partial charge in [-0.25, -0.2) is 13.1 Å². The highest BCUT2D eigenvalue weighted by Gasteiger charge is 2.13. The summed E-state index contributed by atoms with van der Waals surface area (Å²) >= 11 is 12.1. The second-order valence-electron chi connectivity index (χ2n) is 6.35. The molecule has 0 spiro atoms. The fourth-order valence-corrected chi connectivity index (χ4v) is 3.50. The van der Waals surface area contributed by atoms with Crippen LogP contribution >= 0.6 is 23.2 Å². The van der Waals surface area contributed by atoms with Crippen LogP contribution < -0.4 is 10.0 Å². The van der Waals surface area contributed by atoms with Gasteiger partial charge in [-0.15, -0.1) is 0 Å². The minimum absolute atomic E-state index is 0.385. The van der Waals surface area contributed by atoms with Crippen molar-refractivity contribution in [3.05, 3.63) is 46.7 Å². The molecule has 0 saturated heterocycles. The van der Waals surface area contributed by atoms with Crippen LogP contribution in [0.1, 0.15) is 33.1 Å². The third kappa shape index (κ3) is 5.91.